The van der Waals surface area contributed by atoms with Gasteiger partial charge in [0.15, 0.2) is 5.17 Å². The molecule has 2 aromatic carbocycles. The van der Waals surface area contributed by atoms with E-state index in [-0.39, 0.29) is 5.91 Å². The lowest BCUT2D eigenvalue weighted by molar-refractivity contribution is 0.0859. The summed E-state index contributed by atoms with van der Waals surface area (Å²) in [7, 11) is 1.64. The highest BCUT2D eigenvalue weighted by molar-refractivity contribution is 8.14. The van der Waals surface area contributed by atoms with Gasteiger partial charge in [-0.1, -0.05) is 23.9 Å². The summed E-state index contributed by atoms with van der Waals surface area (Å²) in [5.74, 6) is 1.56. The minimum Gasteiger partial charge on any atom is -0.497 e. The van der Waals surface area contributed by atoms with Crippen molar-refractivity contribution in [2.75, 3.05) is 31.3 Å². The fraction of sp³-hybridized carbons (Fsp3) is 0.250. The fourth-order valence-electron chi connectivity index (χ4n) is 2.79. The number of ether oxygens (including phenoxy) is 1. The summed E-state index contributed by atoms with van der Waals surface area (Å²) in [5, 5.41) is 3.23. The smallest absolute Gasteiger partial charge is 0.316 e. The summed E-state index contributed by atoms with van der Waals surface area (Å²) in [6, 6.07) is 13.9. The Hall–Kier alpha value is -3.00. The standard InChI is InChI=1S/C20H22N4O3S/c1-27-17-8-2-14(3-9-17)10-11-22-20-24(12-13-28-20)18(25)15-4-6-16(7-5-15)23-19(21)26/h2-9H,10-13H2,1H3,(H3,21,23,26). The number of nitrogens with one attached hydrogen (secondary N) is 1. The zero-order chi connectivity index (χ0) is 19.9. The Morgan fingerprint density at radius 2 is 1.89 bits per heavy atom. The molecule has 28 heavy (non-hydrogen) atoms. The van der Waals surface area contributed by atoms with Crippen molar-refractivity contribution in [3.05, 3.63) is 59.7 Å². The van der Waals surface area contributed by atoms with E-state index in [0.29, 0.717) is 24.3 Å². The van der Waals surface area contributed by atoms with Crippen molar-refractivity contribution in [3.63, 3.8) is 0 Å². The molecule has 146 valence electrons. The second-order valence-electron chi connectivity index (χ2n) is 6.13. The van der Waals surface area contributed by atoms with Crippen LogP contribution in [0.3, 0.4) is 0 Å². The number of thioether (sulfide) groups is 1. The summed E-state index contributed by atoms with van der Waals surface area (Å²) in [6.07, 6.45) is 0.795. The lowest BCUT2D eigenvalue weighted by Crippen LogP contribution is -2.32. The van der Waals surface area contributed by atoms with Crippen LogP contribution in [-0.4, -0.2) is 48.0 Å². The Kier molecular flexibility index (Phi) is 6.54. The molecule has 0 bridgehead atoms. The number of nitrogens with zero attached hydrogens (tertiary/aromatic N) is 2. The van der Waals surface area contributed by atoms with Crippen LogP contribution in [0, 0.1) is 0 Å². The number of carbonyl (C=O) groups is 2. The van der Waals surface area contributed by atoms with Crippen molar-refractivity contribution >= 4 is 34.6 Å². The molecule has 0 aromatic heterocycles. The number of methoxy groups -OCH3 is 1. The predicted octanol–water partition coefficient (Wildman–Crippen LogP) is 2.97. The van der Waals surface area contributed by atoms with Gasteiger partial charge in [0.05, 0.1) is 7.11 Å². The Morgan fingerprint density at radius 3 is 2.54 bits per heavy atom. The van der Waals surface area contributed by atoms with E-state index in [0.717, 1.165) is 23.1 Å². The quantitative estimate of drug-likeness (QED) is 0.782. The number of benzene rings is 2. The summed E-state index contributed by atoms with van der Waals surface area (Å²) < 4.78 is 5.16. The zero-order valence-corrected chi connectivity index (χ0v) is 16.4. The number of rotatable bonds is 6. The molecule has 0 unspecified atom stereocenters. The first-order valence-corrected chi connectivity index (χ1v) is 9.84. The Bertz CT molecular complexity index is 866. The average Bonchev–Trinajstić information content (AvgIpc) is 3.16. The van der Waals surface area contributed by atoms with Crippen LogP contribution in [0.15, 0.2) is 53.5 Å². The van der Waals surface area contributed by atoms with Crippen LogP contribution in [0.4, 0.5) is 10.5 Å². The van der Waals surface area contributed by atoms with Crippen LogP contribution < -0.4 is 15.8 Å². The van der Waals surface area contributed by atoms with Gasteiger partial charge >= 0.3 is 6.03 Å². The summed E-state index contributed by atoms with van der Waals surface area (Å²) in [5.41, 5.74) is 7.35. The van der Waals surface area contributed by atoms with Crippen molar-refractivity contribution < 1.29 is 14.3 Å². The van der Waals surface area contributed by atoms with Gasteiger partial charge in [0, 0.05) is 30.1 Å². The predicted molar refractivity (Wildman–Crippen MR) is 112 cm³/mol. The number of amidine groups is 1. The second kappa shape index (κ2) is 9.27. The molecule has 3 N–H and O–H groups in total. The molecular weight excluding hydrogens is 376 g/mol. The third-order valence-corrected chi connectivity index (χ3v) is 5.22. The summed E-state index contributed by atoms with van der Waals surface area (Å²) in [4.78, 5) is 30.0. The van der Waals surface area contributed by atoms with Gasteiger partial charge < -0.3 is 15.8 Å². The van der Waals surface area contributed by atoms with E-state index in [1.54, 1.807) is 48.0 Å². The van der Waals surface area contributed by atoms with Crippen LogP contribution in [0.1, 0.15) is 15.9 Å². The number of amides is 3. The fourth-order valence-corrected chi connectivity index (χ4v) is 3.76. The van der Waals surface area contributed by atoms with E-state index in [9.17, 15) is 9.59 Å². The molecule has 1 heterocycles. The third kappa shape index (κ3) is 5.04. The molecule has 1 aliphatic heterocycles. The molecule has 0 radical (unpaired) electrons. The van der Waals surface area contributed by atoms with Gasteiger partial charge in [-0.2, -0.15) is 0 Å². The van der Waals surface area contributed by atoms with Crippen LogP contribution in [0.2, 0.25) is 0 Å². The van der Waals surface area contributed by atoms with Crippen molar-refractivity contribution in [2.45, 2.75) is 6.42 Å². The van der Waals surface area contributed by atoms with Crippen molar-refractivity contribution in [2.24, 2.45) is 10.7 Å². The number of hydrogen-bond acceptors (Lipinski definition) is 5. The van der Waals surface area contributed by atoms with Crippen LogP contribution in [-0.2, 0) is 6.42 Å². The number of anilines is 1. The largest absolute Gasteiger partial charge is 0.497 e. The van der Waals surface area contributed by atoms with Gasteiger partial charge in [-0.15, -0.1) is 0 Å². The first-order chi connectivity index (χ1) is 13.6. The van der Waals surface area contributed by atoms with Gasteiger partial charge in [0.1, 0.15) is 5.75 Å². The maximum Gasteiger partial charge on any atom is 0.316 e. The lowest BCUT2D eigenvalue weighted by atomic mass is 10.1. The molecule has 3 rings (SSSR count). The molecular formula is C20H22N4O3S. The summed E-state index contributed by atoms with van der Waals surface area (Å²) in [6.45, 7) is 1.24. The number of urea groups is 1. The molecule has 1 aliphatic rings. The van der Waals surface area contributed by atoms with E-state index in [1.807, 2.05) is 24.3 Å². The van der Waals surface area contributed by atoms with Gasteiger partial charge in [-0.25, -0.2) is 4.79 Å². The highest BCUT2D eigenvalue weighted by Gasteiger charge is 2.26. The van der Waals surface area contributed by atoms with E-state index in [1.165, 1.54) is 5.56 Å². The first-order valence-electron chi connectivity index (χ1n) is 8.85. The van der Waals surface area contributed by atoms with Crippen LogP contribution >= 0.6 is 11.8 Å². The van der Waals surface area contributed by atoms with Crippen LogP contribution in [0.5, 0.6) is 5.75 Å². The number of nitrogens with two attached hydrogens (primary N) is 1. The maximum atomic E-state index is 12.8. The molecule has 0 saturated carbocycles. The number of aliphatic imine (C=N–C) groups is 1. The van der Waals surface area contributed by atoms with E-state index in [2.05, 4.69) is 10.3 Å². The topological polar surface area (TPSA) is 97.0 Å². The SMILES string of the molecule is COc1ccc(CCN=C2SCCN2C(=O)c2ccc(NC(N)=O)cc2)cc1. The number of hydrogen-bond donors (Lipinski definition) is 2. The third-order valence-electron chi connectivity index (χ3n) is 4.23. The minimum absolute atomic E-state index is 0.0983. The maximum absolute atomic E-state index is 12.8. The molecule has 1 saturated heterocycles. The molecule has 7 nitrogen and oxygen atoms in total. The van der Waals surface area contributed by atoms with E-state index < -0.39 is 6.03 Å². The van der Waals surface area contributed by atoms with Crippen molar-refractivity contribution in [3.8, 4) is 5.75 Å². The molecule has 2 aromatic rings. The summed E-state index contributed by atoms with van der Waals surface area (Å²) >= 11 is 1.59. The highest BCUT2D eigenvalue weighted by Crippen LogP contribution is 2.22. The van der Waals surface area contributed by atoms with Gasteiger partial charge in [-0.05, 0) is 48.4 Å². The van der Waals surface area contributed by atoms with Gasteiger partial charge in [0.25, 0.3) is 5.91 Å². The van der Waals surface area contributed by atoms with Crippen molar-refractivity contribution in [1.82, 2.24) is 4.90 Å². The minimum atomic E-state index is -0.638. The Labute approximate surface area is 168 Å². The second-order valence-corrected chi connectivity index (χ2v) is 7.20. The lowest BCUT2D eigenvalue weighted by Gasteiger charge is -2.16. The van der Waals surface area contributed by atoms with Gasteiger partial charge in [-0.3, -0.25) is 14.7 Å². The Balaban J connectivity index is 1.61. The molecule has 8 heteroatoms. The van der Waals surface area contributed by atoms with Crippen molar-refractivity contribution in [1.29, 1.82) is 0 Å². The zero-order valence-electron chi connectivity index (χ0n) is 15.6. The molecule has 0 spiro atoms. The number of carbonyl (C=O) groups excluding carboxylic acids is 2. The van der Waals surface area contributed by atoms with Crippen LogP contribution in [0.25, 0.3) is 0 Å². The normalized spacial score (nSPS) is 14.9. The molecule has 1 fully saturated rings. The number of primary amides is 1. The van der Waals surface area contributed by atoms with E-state index in [4.69, 9.17) is 10.5 Å². The molecule has 0 atom stereocenters. The monoisotopic (exact) mass is 398 g/mol. The average molecular weight is 398 g/mol. The van der Waals surface area contributed by atoms with Gasteiger partial charge in [0.2, 0.25) is 0 Å². The molecule has 3 amide bonds. The Morgan fingerprint density at radius 1 is 1.18 bits per heavy atom. The highest BCUT2D eigenvalue weighted by atomic mass is 32.2. The van der Waals surface area contributed by atoms with E-state index >= 15 is 0 Å². The molecule has 0 aliphatic carbocycles. The first kappa shape index (κ1) is 19.8.